The van der Waals surface area contributed by atoms with Crippen molar-refractivity contribution in [3.63, 3.8) is 0 Å². The van der Waals surface area contributed by atoms with Gasteiger partial charge in [-0.2, -0.15) is 0 Å². The Hall–Kier alpha value is -1.73. The van der Waals surface area contributed by atoms with E-state index in [1.807, 2.05) is 12.1 Å². The monoisotopic (exact) mass is 426 g/mol. The van der Waals surface area contributed by atoms with Crippen LogP contribution in [0.5, 0.6) is 0 Å². The van der Waals surface area contributed by atoms with Crippen LogP contribution in [0.2, 0.25) is 15.1 Å². The van der Waals surface area contributed by atoms with E-state index in [0.29, 0.717) is 25.9 Å². The predicted molar refractivity (Wildman–Crippen MR) is 107 cm³/mol. The largest absolute Gasteiger partial charge is 0.324 e. The van der Waals surface area contributed by atoms with Gasteiger partial charge in [0.2, 0.25) is 5.91 Å². The Morgan fingerprint density at radius 1 is 1.19 bits per heavy atom. The summed E-state index contributed by atoms with van der Waals surface area (Å²) in [4.78, 5) is 12.5. The number of hydrogen-bond donors (Lipinski definition) is 1. The molecule has 0 fully saturated rings. The third kappa shape index (κ3) is 4.32. The topological polar surface area (TPSA) is 59.8 Å². The van der Waals surface area contributed by atoms with Gasteiger partial charge in [0.15, 0.2) is 5.16 Å². The van der Waals surface area contributed by atoms with Crippen molar-refractivity contribution < 1.29 is 4.79 Å². The molecule has 2 aromatic carbocycles. The van der Waals surface area contributed by atoms with E-state index >= 15 is 0 Å². The zero-order valence-corrected chi connectivity index (χ0v) is 16.6. The van der Waals surface area contributed by atoms with Crippen molar-refractivity contribution in [1.82, 2.24) is 14.8 Å². The number of nitrogens with one attached hydrogen (secondary N) is 1. The maximum absolute atomic E-state index is 12.5. The van der Waals surface area contributed by atoms with Crippen molar-refractivity contribution >= 4 is 58.2 Å². The van der Waals surface area contributed by atoms with Crippen LogP contribution in [0, 0.1) is 0 Å². The van der Waals surface area contributed by atoms with Gasteiger partial charge in [-0.3, -0.25) is 9.36 Å². The molecule has 1 unspecified atom stereocenters. The zero-order valence-electron chi connectivity index (χ0n) is 13.5. The number of thioether (sulfide) groups is 1. The molecular weight excluding hydrogens is 415 g/mol. The number of nitrogens with zero attached hydrogens (tertiary/aromatic N) is 3. The van der Waals surface area contributed by atoms with Crippen molar-refractivity contribution in [3.05, 3.63) is 63.9 Å². The summed E-state index contributed by atoms with van der Waals surface area (Å²) < 4.78 is 1.77. The Morgan fingerprint density at radius 3 is 2.73 bits per heavy atom. The molecule has 0 saturated carbocycles. The number of aromatic nitrogens is 3. The van der Waals surface area contributed by atoms with Crippen LogP contribution in [-0.4, -0.2) is 25.9 Å². The summed E-state index contributed by atoms with van der Waals surface area (Å²) in [5.41, 5.74) is 1.28. The Morgan fingerprint density at radius 2 is 1.96 bits per heavy atom. The number of benzene rings is 2. The third-order valence-corrected chi connectivity index (χ3v) is 5.57. The average molecular weight is 428 g/mol. The second-order valence-corrected chi connectivity index (χ2v) is 7.84. The van der Waals surface area contributed by atoms with Gasteiger partial charge in [-0.25, -0.2) is 0 Å². The predicted octanol–water partition coefficient (Wildman–Crippen LogP) is 5.35. The molecule has 1 N–H and O–H groups in total. The molecule has 3 rings (SSSR count). The Labute approximate surface area is 169 Å². The fourth-order valence-corrected chi connectivity index (χ4v) is 3.53. The number of hydrogen-bond acceptors (Lipinski definition) is 4. The molecular formula is C17H13Cl3N4OS. The Bertz CT molecular complexity index is 947. The fourth-order valence-electron chi connectivity index (χ4n) is 2.15. The number of rotatable bonds is 5. The minimum absolute atomic E-state index is 0.222. The second kappa shape index (κ2) is 8.31. The molecule has 9 heteroatoms. The van der Waals surface area contributed by atoms with Crippen LogP contribution in [-0.2, 0) is 4.79 Å². The lowest BCUT2D eigenvalue weighted by Crippen LogP contribution is -2.23. The van der Waals surface area contributed by atoms with Crippen LogP contribution < -0.4 is 5.32 Å². The lowest BCUT2D eigenvalue weighted by atomic mass is 10.3. The number of carbonyl (C=O) groups excluding carboxylic acids is 1. The highest BCUT2D eigenvalue weighted by Crippen LogP contribution is 2.31. The van der Waals surface area contributed by atoms with Gasteiger partial charge in [0.25, 0.3) is 0 Å². The summed E-state index contributed by atoms with van der Waals surface area (Å²) in [6, 6.07) is 12.4. The van der Waals surface area contributed by atoms with Crippen LogP contribution in [0.15, 0.2) is 53.9 Å². The maximum atomic E-state index is 12.5. The van der Waals surface area contributed by atoms with E-state index in [9.17, 15) is 4.79 Å². The smallest absolute Gasteiger partial charge is 0.237 e. The van der Waals surface area contributed by atoms with Gasteiger partial charge < -0.3 is 5.32 Å². The van der Waals surface area contributed by atoms with Gasteiger partial charge in [0.1, 0.15) is 6.33 Å². The van der Waals surface area contributed by atoms with E-state index < -0.39 is 5.25 Å². The number of carbonyl (C=O) groups is 1. The normalized spacial score (nSPS) is 12.0. The summed E-state index contributed by atoms with van der Waals surface area (Å²) in [6.45, 7) is 1.77. The molecule has 3 aromatic rings. The van der Waals surface area contributed by atoms with Crippen LogP contribution >= 0.6 is 46.6 Å². The SMILES string of the molecule is CC(Sc1nncn1-c1cccc(Cl)c1)C(=O)Nc1cccc(Cl)c1Cl. The second-order valence-electron chi connectivity index (χ2n) is 5.31. The van der Waals surface area contributed by atoms with Crippen LogP contribution in [0.25, 0.3) is 5.69 Å². The minimum Gasteiger partial charge on any atom is -0.324 e. The van der Waals surface area contributed by atoms with E-state index in [-0.39, 0.29) is 5.91 Å². The quantitative estimate of drug-likeness (QED) is 0.558. The first-order valence-electron chi connectivity index (χ1n) is 7.53. The highest BCUT2D eigenvalue weighted by molar-refractivity contribution is 8.00. The molecule has 0 radical (unpaired) electrons. The highest BCUT2D eigenvalue weighted by Gasteiger charge is 2.19. The lowest BCUT2D eigenvalue weighted by Gasteiger charge is -2.13. The van der Waals surface area contributed by atoms with E-state index in [2.05, 4.69) is 15.5 Å². The minimum atomic E-state index is -0.438. The van der Waals surface area contributed by atoms with Crippen molar-refractivity contribution in [2.24, 2.45) is 0 Å². The van der Waals surface area contributed by atoms with Crippen molar-refractivity contribution in [1.29, 1.82) is 0 Å². The van der Waals surface area contributed by atoms with Gasteiger partial charge >= 0.3 is 0 Å². The van der Waals surface area contributed by atoms with E-state index in [1.54, 1.807) is 48.1 Å². The van der Waals surface area contributed by atoms with Crippen molar-refractivity contribution in [2.45, 2.75) is 17.3 Å². The first-order valence-corrected chi connectivity index (χ1v) is 9.54. The van der Waals surface area contributed by atoms with Crippen molar-refractivity contribution in [3.8, 4) is 5.69 Å². The molecule has 0 spiro atoms. The lowest BCUT2D eigenvalue weighted by molar-refractivity contribution is -0.115. The molecule has 0 bridgehead atoms. The molecule has 1 atom stereocenters. The number of halogens is 3. The number of amides is 1. The summed E-state index contributed by atoms with van der Waals surface area (Å²) in [7, 11) is 0. The van der Waals surface area contributed by atoms with E-state index in [4.69, 9.17) is 34.8 Å². The van der Waals surface area contributed by atoms with Gasteiger partial charge in [-0.15, -0.1) is 10.2 Å². The standard InChI is InChI=1S/C17H13Cl3N4OS/c1-10(16(25)22-14-7-3-6-13(19)15(14)20)26-17-23-21-9-24(17)12-5-2-4-11(18)8-12/h2-10H,1H3,(H,22,25). The first kappa shape index (κ1) is 19.0. The van der Waals surface area contributed by atoms with Gasteiger partial charge in [0.05, 0.1) is 26.7 Å². The molecule has 0 aliphatic carbocycles. The van der Waals surface area contributed by atoms with Crippen LogP contribution in [0.3, 0.4) is 0 Å². The molecule has 134 valence electrons. The molecule has 1 heterocycles. The Balaban J connectivity index is 1.74. The average Bonchev–Trinajstić information content (AvgIpc) is 3.07. The first-order chi connectivity index (χ1) is 12.5. The van der Waals surface area contributed by atoms with Gasteiger partial charge in [-0.05, 0) is 37.3 Å². The van der Waals surface area contributed by atoms with E-state index in [1.165, 1.54) is 11.8 Å². The van der Waals surface area contributed by atoms with Gasteiger partial charge in [0, 0.05) is 5.02 Å². The summed E-state index contributed by atoms with van der Waals surface area (Å²) in [5.74, 6) is -0.222. The summed E-state index contributed by atoms with van der Waals surface area (Å²) in [5, 5.41) is 12.2. The van der Waals surface area contributed by atoms with Gasteiger partial charge in [-0.1, -0.05) is 58.7 Å². The molecule has 0 saturated heterocycles. The molecule has 0 aliphatic heterocycles. The van der Waals surface area contributed by atoms with Crippen LogP contribution in [0.4, 0.5) is 5.69 Å². The van der Waals surface area contributed by atoms with Crippen LogP contribution in [0.1, 0.15) is 6.92 Å². The summed E-state index contributed by atoms with van der Waals surface area (Å²) >= 11 is 19.4. The molecule has 1 amide bonds. The van der Waals surface area contributed by atoms with Crippen molar-refractivity contribution in [2.75, 3.05) is 5.32 Å². The maximum Gasteiger partial charge on any atom is 0.237 e. The molecule has 0 aliphatic rings. The zero-order chi connectivity index (χ0) is 18.7. The fraction of sp³-hybridized carbons (Fsp3) is 0.118. The van der Waals surface area contributed by atoms with E-state index in [0.717, 1.165) is 5.69 Å². The summed E-state index contributed by atoms with van der Waals surface area (Å²) in [6.07, 6.45) is 1.58. The Kier molecular flexibility index (Phi) is 6.09. The number of anilines is 1. The highest BCUT2D eigenvalue weighted by atomic mass is 35.5. The molecule has 1 aromatic heterocycles. The molecule has 26 heavy (non-hydrogen) atoms. The molecule has 5 nitrogen and oxygen atoms in total. The third-order valence-electron chi connectivity index (χ3n) is 3.46.